The van der Waals surface area contributed by atoms with Crippen LogP contribution in [-0.2, 0) is 6.61 Å². The van der Waals surface area contributed by atoms with E-state index in [9.17, 15) is 4.39 Å². The molecule has 76 valence electrons. The van der Waals surface area contributed by atoms with Gasteiger partial charge in [-0.25, -0.2) is 4.39 Å². The van der Waals surface area contributed by atoms with Crippen LogP contribution in [0.25, 0.3) is 0 Å². The predicted octanol–water partition coefficient (Wildman–Crippen LogP) is -0.994. The Morgan fingerprint density at radius 3 is 2.50 bits per heavy atom. The number of benzene rings is 1. The first-order chi connectivity index (χ1) is 6.60. The SMILES string of the molecule is COc1cc(B(O)O)c(F)cc1CO. The molecule has 0 heterocycles. The Labute approximate surface area is 80.7 Å². The van der Waals surface area contributed by atoms with Gasteiger partial charge >= 0.3 is 7.12 Å². The summed E-state index contributed by atoms with van der Waals surface area (Å²) in [6, 6.07) is 2.15. The first kappa shape index (κ1) is 11.0. The maximum Gasteiger partial charge on any atom is 0.491 e. The number of aliphatic hydroxyl groups excluding tert-OH is 1. The summed E-state index contributed by atoms with van der Waals surface area (Å²) < 4.78 is 18.0. The molecule has 1 aromatic carbocycles. The van der Waals surface area contributed by atoms with Gasteiger partial charge in [-0.1, -0.05) is 0 Å². The van der Waals surface area contributed by atoms with Gasteiger partial charge < -0.3 is 19.9 Å². The van der Waals surface area contributed by atoms with Crippen LogP contribution in [0.1, 0.15) is 5.56 Å². The molecule has 0 unspecified atom stereocenters. The summed E-state index contributed by atoms with van der Waals surface area (Å²) in [4.78, 5) is 0. The molecule has 0 aromatic heterocycles. The fourth-order valence-corrected chi connectivity index (χ4v) is 1.12. The average molecular weight is 200 g/mol. The van der Waals surface area contributed by atoms with Crippen molar-refractivity contribution >= 4 is 12.6 Å². The Morgan fingerprint density at radius 2 is 2.07 bits per heavy atom. The van der Waals surface area contributed by atoms with Crippen molar-refractivity contribution in [2.24, 2.45) is 0 Å². The molecule has 0 amide bonds. The lowest BCUT2D eigenvalue weighted by atomic mass is 9.79. The molecule has 14 heavy (non-hydrogen) atoms. The minimum atomic E-state index is -1.89. The Hall–Kier alpha value is -1.11. The highest BCUT2D eigenvalue weighted by Crippen LogP contribution is 2.17. The molecule has 0 fully saturated rings. The van der Waals surface area contributed by atoms with E-state index in [1.54, 1.807) is 0 Å². The van der Waals surface area contributed by atoms with Gasteiger partial charge in [0.2, 0.25) is 0 Å². The fourth-order valence-electron chi connectivity index (χ4n) is 1.12. The standard InChI is InChI=1S/C8H10BFO4/c1-14-8-3-6(9(12)13)7(10)2-5(8)4-11/h2-3,11-13H,4H2,1H3. The lowest BCUT2D eigenvalue weighted by Gasteiger charge is -2.09. The summed E-state index contributed by atoms with van der Waals surface area (Å²) in [5.41, 5.74) is -0.0200. The Morgan fingerprint density at radius 1 is 1.43 bits per heavy atom. The monoisotopic (exact) mass is 200 g/mol. The zero-order chi connectivity index (χ0) is 10.7. The van der Waals surface area contributed by atoms with E-state index in [-0.39, 0.29) is 23.4 Å². The zero-order valence-corrected chi connectivity index (χ0v) is 7.57. The molecule has 0 aliphatic rings. The summed E-state index contributed by atoms with van der Waals surface area (Å²) in [6.07, 6.45) is 0. The highest BCUT2D eigenvalue weighted by atomic mass is 19.1. The van der Waals surface area contributed by atoms with Crippen molar-refractivity contribution in [3.05, 3.63) is 23.5 Å². The maximum absolute atomic E-state index is 13.1. The predicted molar refractivity (Wildman–Crippen MR) is 48.7 cm³/mol. The van der Waals surface area contributed by atoms with E-state index in [0.29, 0.717) is 0 Å². The Balaban J connectivity index is 3.23. The molecule has 1 rings (SSSR count). The molecule has 6 heteroatoms. The highest BCUT2D eigenvalue weighted by Gasteiger charge is 2.19. The number of hydrogen-bond acceptors (Lipinski definition) is 4. The third-order valence-corrected chi connectivity index (χ3v) is 1.85. The number of ether oxygens (including phenoxy) is 1. The van der Waals surface area contributed by atoms with Crippen molar-refractivity contribution in [2.45, 2.75) is 6.61 Å². The third-order valence-electron chi connectivity index (χ3n) is 1.85. The molecular weight excluding hydrogens is 190 g/mol. The number of rotatable bonds is 3. The minimum Gasteiger partial charge on any atom is -0.496 e. The van der Waals surface area contributed by atoms with Crippen LogP contribution in [0.3, 0.4) is 0 Å². The van der Waals surface area contributed by atoms with Gasteiger partial charge in [0.25, 0.3) is 0 Å². The largest absolute Gasteiger partial charge is 0.496 e. The summed E-state index contributed by atoms with van der Waals surface area (Å²) >= 11 is 0. The number of aliphatic hydroxyl groups is 1. The first-order valence-electron chi connectivity index (χ1n) is 3.93. The summed E-state index contributed by atoms with van der Waals surface area (Å²) in [5, 5.41) is 26.4. The van der Waals surface area contributed by atoms with Crippen LogP contribution in [0.5, 0.6) is 5.75 Å². The van der Waals surface area contributed by atoms with Crippen LogP contribution in [0, 0.1) is 5.82 Å². The molecule has 3 N–H and O–H groups in total. The molecule has 0 radical (unpaired) electrons. The maximum atomic E-state index is 13.1. The van der Waals surface area contributed by atoms with Gasteiger partial charge in [0.05, 0.1) is 13.7 Å². The first-order valence-corrected chi connectivity index (χ1v) is 3.93. The Bertz CT molecular complexity index is 329. The van der Waals surface area contributed by atoms with Gasteiger partial charge in [0.15, 0.2) is 0 Å². The van der Waals surface area contributed by atoms with Crippen molar-refractivity contribution in [3.63, 3.8) is 0 Å². The van der Waals surface area contributed by atoms with Crippen LogP contribution in [-0.4, -0.2) is 29.4 Å². The highest BCUT2D eigenvalue weighted by molar-refractivity contribution is 6.58. The van der Waals surface area contributed by atoms with Gasteiger partial charge in [-0.3, -0.25) is 0 Å². The lowest BCUT2D eigenvalue weighted by molar-refractivity contribution is 0.273. The molecule has 0 atom stereocenters. The van der Waals surface area contributed by atoms with Crippen LogP contribution in [0.4, 0.5) is 4.39 Å². The van der Waals surface area contributed by atoms with E-state index >= 15 is 0 Å². The van der Waals surface area contributed by atoms with Gasteiger partial charge in [-0.2, -0.15) is 0 Å². The second-order valence-electron chi connectivity index (χ2n) is 2.72. The van der Waals surface area contributed by atoms with Gasteiger partial charge in [-0.15, -0.1) is 0 Å². The summed E-state index contributed by atoms with van der Waals surface area (Å²) in [7, 11) is -0.545. The van der Waals surface area contributed by atoms with E-state index < -0.39 is 12.9 Å². The molecule has 1 aromatic rings. The van der Waals surface area contributed by atoms with Gasteiger partial charge in [0, 0.05) is 11.0 Å². The fraction of sp³-hybridized carbons (Fsp3) is 0.250. The second-order valence-corrected chi connectivity index (χ2v) is 2.72. The normalized spacial score (nSPS) is 10.1. The van der Waals surface area contributed by atoms with Crippen LogP contribution < -0.4 is 10.2 Å². The molecule has 0 saturated carbocycles. The summed E-state index contributed by atoms with van der Waals surface area (Å²) in [5.74, 6) is -0.568. The smallest absolute Gasteiger partial charge is 0.491 e. The second kappa shape index (κ2) is 4.41. The molecule has 4 nitrogen and oxygen atoms in total. The minimum absolute atomic E-state index is 0.219. The molecule has 0 bridgehead atoms. The molecule has 0 aliphatic carbocycles. The molecule has 0 saturated heterocycles. The van der Waals surface area contributed by atoms with E-state index in [1.165, 1.54) is 7.11 Å². The molecule has 0 spiro atoms. The summed E-state index contributed by atoms with van der Waals surface area (Å²) in [6.45, 7) is -0.373. The molecular formula is C8H10BFO4. The zero-order valence-electron chi connectivity index (χ0n) is 7.57. The van der Waals surface area contributed by atoms with Crippen molar-refractivity contribution in [2.75, 3.05) is 7.11 Å². The number of hydrogen-bond donors (Lipinski definition) is 3. The third kappa shape index (κ3) is 2.04. The number of halogens is 1. The topological polar surface area (TPSA) is 69.9 Å². The van der Waals surface area contributed by atoms with Crippen LogP contribution in [0.15, 0.2) is 12.1 Å². The molecule has 0 aliphatic heterocycles. The van der Waals surface area contributed by atoms with E-state index in [0.717, 1.165) is 12.1 Å². The van der Waals surface area contributed by atoms with E-state index in [4.69, 9.17) is 19.9 Å². The van der Waals surface area contributed by atoms with Crippen molar-refractivity contribution in [1.29, 1.82) is 0 Å². The van der Waals surface area contributed by atoms with Gasteiger partial charge in [0.1, 0.15) is 11.6 Å². The van der Waals surface area contributed by atoms with Crippen LogP contribution in [0.2, 0.25) is 0 Å². The number of methoxy groups -OCH3 is 1. The quantitative estimate of drug-likeness (QED) is 0.547. The Kier molecular flexibility index (Phi) is 3.46. The van der Waals surface area contributed by atoms with Crippen molar-refractivity contribution < 1.29 is 24.3 Å². The van der Waals surface area contributed by atoms with E-state index in [2.05, 4.69) is 0 Å². The van der Waals surface area contributed by atoms with Crippen LogP contribution >= 0.6 is 0 Å². The van der Waals surface area contributed by atoms with Crippen molar-refractivity contribution in [1.82, 2.24) is 0 Å². The van der Waals surface area contributed by atoms with Crippen molar-refractivity contribution in [3.8, 4) is 5.75 Å². The van der Waals surface area contributed by atoms with E-state index in [1.807, 2.05) is 0 Å². The lowest BCUT2D eigenvalue weighted by Crippen LogP contribution is -2.33. The van der Waals surface area contributed by atoms with Gasteiger partial charge in [-0.05, 0) is 12.1 Å². The average Bonchev–Trinajstić information content (AvgIpc) is 2.16.